The van der Waals surface area contributed by atoms with Gasteiger partial charge in [0, 0.05) is 26.7 Å². The number of ether oxygens (including phenoxy) is 1. The van der Waals surface area contributed by atoms with Crippen molar-refractivity contribution in [3.8, 4) is 0 Å². The summed E-state index contributed by atoms with van der Waals surface area (Å²) in [5, 5.41) is 0. The average molecular weight is 226 g/mol. The standard InChI is InChI=1S/C12H17FN2O.H2/c1-9-10(6-11(14)7-12(9)13)8-15-2-4-16-5-3-15;/h6-7H,2-5,8,14H2,1H3;1H. The minimum Gasteiger partial charge on any atom is -0.399 e. The van der Waals surface area contributed by atoms with Crippen molar-refractivity contribution in [2.75, 3.05) is 32.0 Å². The van der Waals surface area contributed by atoms with E-state index in [0.717, 1.165) is 38.4 Å². The van der Waals surface area contributed by atoms with Crippen LogP contribution in [0.1, 0.15) is 12.6 Å². The Balaban J connectivity index is 0.00000144. The summed E-state index contributed by atoms with van der Waals surface area (Å²) < 4.78 is 18.7. The van der Waals surface area contributed by atoms with Crippen LogP contribution < -0.4 is 5.73 Å². The molecule has 1 aliphatic rings. The van der Waals surface area contributed by atoms with Crippen LogP contribution in [0, 0.1) is 12.7 Å². The molecule has 0 saturated carbocycles. The summed E-state index contributed by atoms with van der Waals surface area (Å²) in [5.41, 5.74) is 7.81. The van der Waals surface area contributed by atoms with Gasteiger partial charge in [0.2, 0.25) is 0 Å². The fourth-order valence-electron chi connectivity index (χ4n) is 1.92. The zero-order valence-electron chi connectivity index (χ0n) is 9.50. The van der Waals surface area contributed by atoms with Crippen LogP contribution in [0.4, 0.5) is 10.1 Å². The van der Waals surface area contributed by atoms with Gasteiger partial charge in [-0.15, -0.1) is 0 Å². The highest BCUT2D eigenvalue weighted by Crippen LogP contribution is 2.19. The molecule has 0 atom stereocenters. The van der Waals surface area contributed by atoms with E-state index in [9.17, 15) is 4.39 Å². The molecule has 0 unspecified atom stereocenters. The van der Waals surface area contributed by atoms with Crippen LogP contribution in [0.15, 0.2) is 12.1 Å². The molecule has 90 valence electrons. The molecule has 1 aliphatic heterocycles. The highest BCUT2D eigenvalue weighted by atomic mass is 19.1. The van der Waals surface area contributed by atoms with E-state index in [-0.39, 0.29) is 7.24 Å². The zero-order valence-corrected chi connectivity index (χ0v) is 9.50. The summed E-state index contributed by atoms with van der Waals surface area (Å²) in [5.74, 6) is -0.219. The number of nitrogen functional groups attached to an aromatic ring is 1. The molecule has 0 radical (unpaired) electrons. The van der Waals surface area contributed by atoms with E-state index in [0.29, 0.717) is 11.3 Å². The van der Waals surface area contributed by atoms with E-state index < -0.39 is 0 Å². The predicted octanol–water partition coefficient (Wildman–Crippen LogP) is 1.79. The molecule has 1 fully saturated rings. The Morgan fingerprint density at radius 1 is 1.44 bits per heavy atom. The van der Waals surface area contributed by atoms with E-state index >= 15 is 0 Å². The highest BCUT2D eigenvalue weighted by molar-refractivity contribution is 5.45. The molecule has 0 amide bonds. The maximum absolute atomic E-state index is 13.5. The first-order valence-corrected chi connectivity index (χ1v) is 5.51. The summed E-state index contributed by atoms with van der Waals surface area (Å²) in [7, 11) is 0. The fourth-order valence-corrected chi connectivity index (χ4v) is 1.92. The molecule has 4 heteroatoms. The molecule has 0 bridgehead atoms. The molecular formula is C12H19FN2O. The van der Waals surface area contributed by atoms with Crippen molar-refractivity contribution in [1.82, 2.24) is 4.90 Å². The van der Waals surface area contributed by atoms with Crippen molar-refractivity contribution in [2.24, 2.45) is 0 Å². The molecule has 2 rings (SSSR count). The quantitative estimate of drug-likeness (QED) is 0.781. The van der Waals surface area contributed by atoms with Crippen LogP contribution in [0.3, 0.4) is 0 Å². The van der Waals surface area contributed by atoms with Crippen molar-refractivity contribution in [1.29, 1.82) is 0 Å². The van der Waals surface area contributed by atoms with E-state index in [4.69, 9.17) is 10.5 Å². The van der Waals surface area contributed by atoms with Gasteiger partial charge in [0.25, 0.3) is 0 Å². The topological polar surface area (TPSA) is 38.5 Å². The number of nitrogens with zero attached hydrogens (tertiary/aromatic N) is 1. The third-order valence-corrected chi connectivity index (χ3v) is 2.97. The van der Waals surface area contributed by atoms with Crippen LogP contribution in [-0.4, -0.2) is 31.2 Å². The second-order valence-corrected chi connectivity index (χ2v) is 4.18. The van der Waals surface area contributed by atoms with Gasteiger partial charge in [0.15, 0.2) is 0 Å². The first kappa shape index (κ1) is 11.4. The van der Waals surface area contributed by atoms with Crippen molar-refractivity contribution >= 4 is 5.69 Å². The lowest BCUT2D eigenvalue weighted by Crippen LogP contribution is -2.35. The Kier molecular flexibility index (Phi) is 3.41. The maximum atomic E-state index is 13.5. The summed E-state index contributed by atoms with van der Waals surface area (Å²) in [4.78, 5) is 2.25. The Hall–Kier alpha value is -1.13. The van der Waals surface area contributed by atoms with E-state index in [1.54, 1.807) is 6.92 Å². The molecule has 16 heavy (non-hydrogen) atoms. The predicted molar refractivity (Wildman–Crippen MR) is 63.8 cm³/mol. The number of nitrogens with two attached hydrogens (primary N) is 1. The van der Waals surface area contributed by atoms with Crippen LogP contribution in [0.2, 0.25) is 0 Å². The first-order valence-electron chi connectivity index (χ1n) is 5.51. The molecule has 0 aliphatic carbocycles. The minimum atomic E-state index is -0.219. The molecule has 2 N–H and O–H groups in total. The first-order chi connectivity index (χ1) is 7.66. The minimum absolute atomic E-state index is 0. The summed E-state index contributed by atoms with van der Waals surface area (Å²) in [6.45, 7) is 5.85. The van der Waals surface area contributed by atoms with Crippen molar-refractivity contribution in [3.63, 3.8) is 0 Å². The number of rotatable bonds is 2. The second-order valence-electron chi connectivity index (χ2n) is 4.18. The molecule has 0 aromatic heterocycles. The fraction of sp³-hybridized carbons (Fsp3) is 0.500. The van der Waals surface area contributed by atoms with Crippen LogP contribution in [0.25, 0.3) is 0 Å². The number of morpholine rings is 1. The molecular weight excluding hydrogens is 207 g/mol. The van der Waals surface area contributed by atoms with Crippen molar-refractivity contribution < 1.29 is 10.6 Å². The number of hydrogen-bond donors (Lipinski definition) is 1. The molecule has 1 saturated heterocycles. The maximum Gasteiger partial charge on any atom is 0.128 e. The lowest BCUT2D eigenvalue weighted by Gasteiger charge is -2.27. The average Bonchev–Trinajstić information content (AvgIpc) is 2.27. The number of anilines is 1. The van der Waals surface area contributed by atoms with Crippen molar-refractivity contribution in [3.05, 3.63) is 29.1 Å². The van der Waals surface area contributed by atoms with Crippen molar-refractivity contribution in [2.45, 2.75) is 13.5 Å². The van der Waals surface area contributed by atoms with Crippen LogP contribution in [-0.2, 0) is 11.3 Å². The molecule has 0 spiro atoms. The largest absolute Gasteiger partial charge is 0.399 e. The van der Waals surface area contributed by atoms with E-state index in [2.05, 4.69) is 4.90 Å². The van der Waals surface area contributed by atoms with Gasteiger partial charge >= 0.3 is 0 Å². The summed E-state index contributed by atoms with van der Waals surface area (Å²) in [6.07, 6.45) is 0. The van der Waals surface area contributed by atoms with Gasteiger partial charge < -0.3 is 10.5 Å². The Morgan fingerprint density at radius 2 is 2.12 bits per heavy atom. The number of hydrogen-bond acceptors (Lipinski definition) is 3. The van der Waals surface area contributed by atoms with Gasteiger partial charge in [-0.3, -0.25) is 4.90 Å². The highest BCUT2D eigenvalue weighted by Gasteiger charge is 2.13. The normalized spacial score (nSPS) is 17.6. The van der Waals surface area contributed by atoms with Gasteiger partial charge in [-0.05, 0) is 30.2 Å². The molecule has 1 heterocycles. The lowest BCUT2D eigenvalue weighted by molar-refractivity contribution is 0.0341. The number of halogens is 1. The van der Waals surface area contributed by atoms with Gasteiger partial charge in [-0.2, -0.15) is 0 Å². The Labute approximate surface area is 96.5 Å². The van der Waals surface area contributed by atoms with Gasteiger partial charge in [0.05, 0.1) is 13.2 Å². The third-order valence-electron chi connectivity index (χ3n) is 2.97. The second kappa shape index (κ2) is 4.80. The van der Waals surface area contributed by atoms with Gasteiger partial charge in [0.1, 0.15) is 5.82 Å². The van der Waals surface area contributed by atoms with Gasteiger partial charge in [-0.1, -0.05) is 0 Å². The molecule has 3 nitrogen and oxygen atoms in total. The third kappa shape index (κ3) is 2.51. The molecule has 1 aromatic carbocycles. The lowest BCUT2D eigenvalue weighted by atomic mass is 10.1. The van der Waals surface area contributed by atoms with E-state index in [1.807, 2.05) is 6.07 Å². The number of benzene rings is 1. The SMILES string of the molecule is Cc1c(F)cc(N)cc1CN1CCOCC1.[HH]. The van der Waals surface area contributed by atoms with Gasteiger partial charge in [-0.25, -0.2) is 4.39 Å². The Bertz CT molecular complexity index is 381. The van der Waals surface area contributed by atoms with Crippen LogP contribution >= 0.6 is 0 Å². The Morgan fingerprint density at radius 3 is 2.81 bits per heavy atom. The zero-order chi connectivity index (χ0) is 11.5. The van der Waals surface area contributed by atoms with Crippen LogP contribution in [0.5, 0.6) is 0 Å². The van der Waals surface area contributed by atoms with E-state index in [1.165, 1.54) is 6.07 Å². The smallest absolute Gasteiger partial charge is 0.128 e. The summed E-state index contributed by atoms with van der Waals surface area (Å²) in [6, 6.07) is 3.23. The molecule has 1 aromatic rings. The summed E-state index contributed by atoms with van der Waals surface area (Å²) >= 11 is 0. The monoisotopic (exact) mass is 226 g/mol.